The molecule has 1 fully saturated rings. The molecule has 19 heavy (non-hydrogen) atoms. The zero-order valence-electron chi connectivity index (χ0n) is 11.3. The Kier molecular flexibility index (Phi) is 4.75. The molecule has 1 heterocycles. The molecule has 5 heteroatoms. The number of halogens is 2. The van der Waals surface area contributed by atoms with E-state index in [4.69, 9.17) is 33.7 Å². The summed E-state index contributed by atoms with van der Waals surface area (Å²) >= 11 is 12.1. The van der Waals surface area contributed by atoms with Gasteiger partial charge in [0.25, 0.3) is 0 Å². The highest BCUT2D eigenvalue weighted by molar-refractivity contribution is 6.42. The first-order chi connectivity index (χ1) is 8.95. The molecule has 0 amide bonds. The lowest BCUT2D eigenvalue weighted by Crippen LogP contribution is -2.55. The molecule has 1 unspecified atom stereocenters. The number of hydrogen-bond acceptors (Lipinski definition) is 3. The highest BCUT2D eigenvalue weighted by atomic mass is 35.5. The van der Waals surface area contributed by atoms with E-state index in [1.807, 2.05) is 18.2 Å². The highest BCUT2D eigenvalue weighted by Gasteiger charge is 2.35. The molecule has 1 aromatic carbocycles. The third kappa shape index (κ3) is 3.23. The van der Waals surface area contributed by atoms with Crippen molar-refractivity contribution in [2.75, 3.05) is 26.3 Å². The maximum absolute atomic E-state index is 6.11. The molecular weight excluding hydrogens is 283 g/mol. The minimum Gasteiger partial charge on any atom is -0.378 e. The van der Waals surface area contributed by atoms with Gasteiger partial charge in [0.15, 0.2) is 0 Å². The molecule has 3 nitrogen and oxygen atoms in total. The largest absolute Gasteiger partial charge is 0.378 e. The molecule has 1 aliphatic heterocycles. The van der Waals surface area contributed by atoms with Gasteiger partial charge in [0.2, 0.25) is 0 Å². The molecule has 0 spiro atoms. The van der Waals surface area contributed by atoms with E-state index in [9.17, 15) is 0 Å². The molecule has 2 rings (SSSR count). The van der Waals surface area contributed by atoms with Gasteiger partial charge in [-0.05, 0) is 31.5 Å². The second-order valence-electron chi connectivity index (χ2n) is 5.48. The second-order valence-corrected chi connectivity index (χ2v) is 6.30. The molecule has 1 atom stereocenters. The lowest BCUT2D eigenvalue weighted by atomic mass is 9.95. The van der Waals surface area contributed by atoms with Crippen molar-refractivity contribution >= 4 is 23.2 Å². The van der Waals surface area contributed by atoms with Crippen LogP contribution in [0.15, 0.2) is 18.2 Å². The molecule has 0 aliphatic carbocycles. The van der Waals surface area contributed by atoms with E-state index < -0.39 is 0 Å². The summed E-state index contributed by atoms with van der Waals surface area (Å²) in [5, 5.41) is 1.14. The predicted molar refractivity (Wildman–Crippen MR) is 79.9 cm³/mol. The van der Waals surface area contributed by atoms with E-state index in [2.05, 4.69) is 18.7 Å². The van der Waals surface area contributed by atoms with E-state index in [1.165, 1.54) is 0 Å². The Bertz CT molecular complexity index is 451. The van der Waals surface area contributed by atoms with Crippen LogP contribution in [0.4, 0.5) is 0 Å². The van der Waals surface area contributed by atoms with Crippen molar-refractivity contribution in [2.24, 2.45) is 5.73 Å². The summed E-state index contributed by atoms with van der Waals surface area (Å²) in [4.78, 5) is 2.38. The first kappa shape index (κ1) is 15.1. The van der Waals surface area contributed by atoms with Crippen molar-refractivity contribution in [1.29, 1.82) is 0 Å². The van der Waals surface area contributed by atoms with E-state index in [0.717, 1.165) is 18.7 Å². The standard InChI is InChI=1S/C14H20Cl2N2O/c1-14(2)9-19-6-5-18(14)13(8-17)10-3-4-11(15)12(16)7-10/h3-4,7,13H,5-6,8-9,17H2,1-2H3. The van der Waals surface area contributed by atoms with Gasteiger partial charge in [-0.1, -0.05) is 29.3 Å². The Morgan fingerprint density at radius 2 is 2.11 bits per heavy atom. The van der Waals surface area contributed by atoms with Crippen LogP contribution in [0.2, 0.25) is 10.0 Å². The third-order valence-electron chi connectivity index (χ3n) is 3.64. The Labute approximate surface area is 124 Å². The van der Waals surface area contributed by atoms with Crippen LogP contribution < -0.4 is 5.73 Å². The zero-order valence-corrected chi connectivity index (χ0v) is 12.8. The molecule has 0 saturated carbocycles. The summed E-state index contributed by atoms with van der Waals surface area (Å²) in [6.07, 6.45) is 0. The lowest BCUT2D eigenvalue weighted by Gasteiger charge is -2.46. The van der Waals surface area contributed by atoms with Gasteiger partial charge in [-0.3, -0.25) is 4.90 Å². The smallest absolute Gasteiger partial charge is 0.0645 e. The number of hydrogen-bond donors (Lipinski definition) is 1. The molecule has 1 aromatic rings. The number of morpholine rings is 1. The van der Waals surface area contributed by atoms with Crippen LogP contribution in [0.5, 0.6) is 0 Å². The predicted octanol–water partition coefficient (Wildman–Crippen LogP) is 3.10. The number of nitrogens with two attached hydrogens (primary N) is 1. The van der Waals surface area contributed by atoms with Gasteiger partial charge in [0.1, 0.15) is 0 Å². The maximum atomic E-state index is 6.11. The molecule has 0 radical (unpaired) electrons. The molecule has 1 aliphatic rings. The average Bonchev–Trinajstić information content (AvgIpc) is 2.36. The third-order valence-corrected chi connectivity index (χ3v) is 4.38. The zero-order chi connectivity index (χ0) is 14.0. The Morgan fingerprint density at radius 3 is 2.68 bits per heavy atom. The Balaban J connectivity index is 2.30. The SMILES string of the molecule is CC1(C)COCCN1C(CN)c1ccc(Cl)c(Cl)c1. The quantitative estimate of drug-likeness (QED) is 0.932. The van der Waals surface area contributed by atoms with E-state index in [1.54, 1.807) is 0 Å². The molecular formula is C14H20Cl2N2O. The van der Waals surface area contributed by atoms with Crippen LogP contribution in [0, 0.1) is 0 Å². The van der Waals surface area contributed by atoms with Crippen LogP contribution in [-0.2, 0) is 4.74 Å². The second kappa shape index (κ2) is 5.98. The van der Waals surface area contributed by atoms with Crippen LogP contribution in [-0.4, -0.2) is 36.7 Å². The number of nitrogens with zero attached hydrogens (tertiary/aromatic N) is 1. The minimum absolute atomic E-state index is 0.0333. The summed E-state index contributed by atoms with van der Waals surface area (Å²) in [5.74, 6) is 0. The normalized spacial score (nSPS) is 21.3. The molecule has 2 N–H and O–H groups in total. The summed E-state index contributed by atoms with van der Waals surface area (Å²) < 4.78 is 5.56. The number of ether oxygens (including phenoxy) is 1. The van der Waals surface area contributed by atoms with E-state index in [-0.39, 0.29) is 11.6 Å². The maximum Gasteiger partial charge on any atom is 0.0645 e. The lowest BCUT2D eigenvalue weighted by molar-refractivity contribution is -0.0712. The van der Waals surface area contributed by atoms with Crippen molar-refractivity contribution in [3.05, 3.63) is 33.8 Å². The first-order valence-corrected chi connectivity index (χ1v) is 7.21. The van der Waals surface area contributed by atoms with Crippen molar-refractivity contribution in [1.82, 2.24) is 4.90 Å². The molecule has 106 valence electrons. The summed E-state index contributed by atoms with van der Waals surface area (Å²) in [7, 11) is 0. The van der Waals surface area contributed by atoms with Crippen LogP contribution in [0.25, 0.3) is 0 Å². The van der Waals surface area contributed by atoms with Gasteiger partial charge in [-0.2, -0.15) is 0 Å². The van der Waals surface area contributed by atoms with Crippen LogP contribution in [0.3, 0.4) is 0 Å². The Morgan fingerprint density at radius 1 is 1.37 bits per heavy atom. The topological polar surface area (TPSA) is 38.5 Å². The fourth-order valence-corrected chi connectivity index (χ4v) is 2.92. The van der Waals surface area contributed by atoms with E-state index >= 15 is 0 Å². The van der Waals surface area contributed by atoms with E-state index in [0.29, 0.717) is 23.2 Å². The van der Waals surface area contributed by atoms with Crippen molar-refractivity contribution in [3.8, 4) is 0 Å². The summed E-state index contributed by atoms with van der Waals surface area (Å²) in [6, 6.07) is 5.87. The van der Waals surface area contributed by atoms with Gasteiger partial charge >= 0.3 is 0 Å². The van der Waals surface area contributed by atoms with Crippen molar-refractivity contribution in [3.63, 3.8) is 0 Å². The fraction of sp³-hybridized carbons (Fsp3) is 0.571. The van der Waals surface area contributed by atoms with Gasteiger partial charge in [0.05, 0.1) is 23.3 Å². The highest BCUT2D eigenvalue weighted by Crippen LogP contribution is 2.33. The van der Waals surface area contributed by atoms with Gasteiger partial charge < -0.3 is 10.5 Å². The van der Waals surface area contributed by atoms with Gasteiger partial charge in [-0.25, -0.2) is 0 Å². The Hall–Kier alpha value is -0.320. The van der Waals surface area contributed by atoms with Gasteiger partial charge in [-0.15, -0.1) is 0 Å². The van der Waals surface area contributed by atoms with Crippen molar-refractivity contribution < 1.29 is 4.74 Å². The molecule has 1 saturated heterocycles. The average molecular weight is 303 g/mol. The fourth-order valence-electron chi connectivity index (χ4n) is 2.61. The van der Waals surface area contributed by atoms with Gasteiger partial charge in [0, 0.05) is 24.7 Å². The molecule has 0 bridgehead atoms. The summed E-state index contributed by atoms with van der Waals surface area (Å²) in [5.41, 5.74) is 7.06. The van der Waals surface area contributed by atoms with Crippen LogP contribution >= 0.6 is 23.2 Å². The monoisotopic (exact) mass is 302 g/mol. The van der Waals surface area contributed by atoms with Crippen molar-refractivity contribution in [2.45, 2.75) is 25.4 Å². The molecule has 0 aromatic heterocycles. The number of rotatable bonds is 3. The first-order valence-electron chi connectivity index (χ1n) is 6.45. The number of benzene rings is 1. The van der Waals surface area contributed by atoms with Crippen LogP contribution in [0.1, 0.15) is 25.5 Å². The summed E-state index contributed by atoms with van der Waals surface area (Å²) in [6.45, 7) is 7.21. The minimum atomic E-state index is -0.0333.